The summed E-state index contributed by atoms with van der Waals surface area (Å²) < 4.78 is 5.73. The molecule has 0 aliphatic carbocycles. The second-order valence-electron chi connectivity index (χ2n) is 3.88. The molecule has 1 saturated heterocycles. The van der Waals surface area contributed by atoms with Crippen LogP contribution in [0.4, 0.5) is 0 Å². The average molecular weight is 205 g/mol. The smallest absolute Gasteiger partial charge is 0.221 e. The number of rotatable bonds is 1. The minimum atomic E-state index is -0.210. The summed E-state index contributed by atoms with van der Waals surface area (Å²) >= 11 is 0. The van der Waals surface area contributed by atoms with Crippen LogP contribution < -0.4 is 0 Å². The molecule has 3 heteroatoms. The Kier molecular flexibility index (Phi) is 2.73. The zero-order valence-electron chi connectivity index (χ0n) is 9.01. The molecule has 1 heterocycles. The van der Waals surface area contributed by atoms with Crippen molar-refractivity contribution < 1.29 is 9.53 Å². The molecule has 2 atom stereocenters. The maximum Gasteiger partial charge on any atom is 0.221 e. The minimum Gasteiger partial charge on any atom is -0.349 e. The highest BCUT2D eigenvalue weighted by Gasteiger charge is 2.32. The largest absolute Gasteiger partial charge is 0.349 e. The van der Waals surface area contributed by atoms with Crippen LogP contribution in [0.25, 0.3) is 0 Å². The van der Waals surface area contributed by atoms with Crippen molar-refractivity contribution in [3.05, 3.63) is 35.9 Å². The minimum absolute atomic E-state index is 0.0632. The van der Waals surface area contributed by atoms with E-state index in [9.17, 15) is 4.79 Å². The Balaban J connectivity index is 2.24. The van der Waals surface area contributed by atoms with Crippen molar-refractivity contribution in [3.8, 4) is 0 Å². The molecule has 0 N–H and O–H groups in total. The van der Waals surface area contributed by atoms with Gasteiger partial charge in [-0.3, -0.25) is 4.79 Å². The van der Waals surface area contributed by atoms with Crippen LogP contribution in [0.3, 0.4) is 0 Å². The Labute approximate surface area is 89.7 Å². The van der Waals surface area contributed by atoms with Crippen molar-refractivity contribution in [2.24, 2.45) is 0 Å². The van der Waals surface area contributed by atoms with Crippen molar-refractivity contribution in [2.45, 2.75) is 26.2 Å². The Morgan fingerprint density at radius 1 is 1.40 bits per heavy atom. The monoisotopic (exact) mass is 205 g/mol. The Hall–Kier alpha value is -1.35. The van der Waals surface area contributed by atoms with Crippen LogP contribution in [0.5, 0.6) is 0 Å². The van der Waals surface area contributed by atoms with Gasteiger partial charge in [0.25, 0.3) is 0 Å². The van der Waals surface area contributed by atoms with Crippen LogP contribution in [-0.4, -0.2) is 23.5 Å². The third-order valence-corrected chi connectivity index (χ3v) is 2.59. The number of nitrogens with zero attached hydrogens (tertiary/aromatic N) is 1. The summed E-state index contributed by atoms with van der Waals surface area (Å²) in [7, 11) is 0. The van der Waals surface area contributed by atoms with Gasteiger partial charge in [-0.2, -0.15) is 0 Å². The molecule has 0 spiro atoms. The standard InChI is InChI=1S/C12H15NO2/c1-9-8-13(10(2)14)12(15-9)11-6-4-3-5-7-11/h3-7,9,12H,8H2,1-2H3/t9-,12+/m1/s1. The van der Waals surface area contributed by atoms with Gasteiger partial charge in [-0.25, -0.2) is 0 Å². The molecule has 2 rings (SSSR count). The van der Waals surface area contributed by atoms with Crippen LogP contribution in [-0.2, 0) is 9.53 Å². The number of ether oxygens (including phenoxy) is 1. The van der Waals surface area contributed by atoms with Gasteiger partial charge >= 0.3 is 0 Å². The van der Waals surface area contributed by atoms with E-state index >= 15 is 0 Å². The van der Waals surface area contributed by atoms with Crippen LogP contribution in [0, 0.1) is 0 Å². The van der Waals surface area contributed by atoms with Crippen molar-refractivity contribution in [2.75, 3.05) is 6.54 Å². The molecule has 0 unspecified atom stereocenters. The molecule has 1 fully saturated rings. The molecule has 0 radical (unpaired) electrons. The molecule has 1 aromatic rings. The van der Waals surface area contributed by atoms with Crippen LogP contribution >= 0.6 is 0 Å². The quantitative estimate of drug-likeness (QED) is 0.701. The predicted molar refractivity (Wildman–Crippen MR) is 57.1 cm³/mol. The molecule has 0 aromatic heterocycles. The van der Waals surface area contributed by atoms with Crippen molar-refractivity contribution in [1.82, 2.24) is 4.90 Å². The number of hydrogen-bond acceptors (Lipinski definition) is 2. The predicted octanol–water partition coefficient (Wildman–Crippen LogP) is 1.95. The molecule has 1 aromatic carbocycles. The summed E-state index contributed by atoms with van der Waals surface area (Å²) in [5, 5.41) is 0. The SMILES string of the molecule is CC(=O)N1C[C@@H](C)O[C@H]1c1ccccc1. The van der Waals surface area contributed by atoms with Gasteiger partial charge in [0.15, 0.2) is 6.23 Å². The summed E-state index contributed by atoms with van der Waals surface area (Å²) in [5.41, 5.74) is 1.04. The van der Waals surface area contributed by atoms with Crippen LogP contribution in [0.2, 0.25) is 0 Å². The summed E-state index contributed by atoms with van der Waals surface area (Å²) in [4.78, 5) is 13.2. The summed E-state index contributed by atoms with van der Waals surface area (Å²) in [6, 6.07) is 9.84. The van der Waals surface area contributed by atoms with Gasteiger partial charge in [0.1, 0.15) is 0 Å². The molecule has 0 saturated carbocycles. The van der Waals surface area contributed by atoms with E-state index in [1.54, 1.807) is 11.8 Å². The van der Waals surface area contributed by atoms with Crippen LogP contribution in [0.15, 0.2) is 30.3 Å². The highest BCUT2D eigenvalue weighted by atomic mass is 16.5. The van der Waals surface area contributed by atoms with E-state index in [0.717, 1.165) is 5.56 Å². The lowest BCUT2D eigenvalue weighted by Gasteiger charge is -2.21. The Bertz CT molecular complexity index is 350. The second-order valence-corrected chi connectivity index (χ2v) is 3.88. The van der Waals surface area contributed by atoms with Crippen molar-refractivity contribution in [1.29, 1.82) is 0 Å². The van der Waals surface area contributed by atoms with Gasteiger partial charge in [0.2, 0.25) is 5.91 Å². The average Bonchev–Trinajstić information content (AvgIpc) is 2.62. The zero-order valence-corrected chi connectivity index (χ0v) is 9.01. The molecule has 1 aliphatic rings. The van der Waals surface area contributed by atoms with E-state index in [2.05, 4.69) is 0 Å². The lowest BCUT2D eigenvalue weighted by molar-refractivity contribution is -0.134. The Morgan fingerprint density at radius 2 is 2.07 bits per heavy atom. The highest BCUT2D eigenvalue weighted by Crippen LogP contribution is 2.29. The fourth-order valence-electron chi connectivity index (χ4n) is 1.88. The molecule has 3 nitrogen and oxygen atoms in total. The van der Waals surface area contributed by atoms with E-state index in [0.29, 0.717) is 6.54 Å². The number of benzene rings is 1. The molecule has 80 valence electrons. The molecular weight excluding hydrogens is 190 g/mol. The van der Waals surface area contributed by atoms with Gasteiger partial charge < -0.3 is 9.64 Å². The first-order valence-electron chi connectivity index (χ1n) is 5.16. The van der Waals surface area contributed by atoms with E-state index in [1.165, 1.54) is 0 Å². The topological polar surface area (TPSA) is 29.5 Å². The summed E-state index contributed by atoms with van der Waals surface area (Å²) in [6.45, 7) is 4.24. The van der Waals surface area contributed by atoms with Crippen molar-refractivity contribution in [3.63, 3.8) is 0 Å². The lowest BCUT2D eigenvalue weighted by atomic mass is 10.2. The molecule has 1 amide bonds. The van der Waals surface area contributed by atoms with Gasteiger partial charge in [0.05, 0.1) is 6.10 Å². The van der Waals surface area contributed by atoms with Gasteiger partial charge in [-0.15, -0.1) is 0 Å². The fraction of sp³-hybridized carbons (Fsp3) is 0.417. The third-order valence-electron chi connectivity index (χ3n) is 2.59. The zero-order chi connectivity index (χ0) is 10.8. The van der Waals surface area contributed by atoms with Crippen LogP contribution in [0.1, 0.15) is 25.6 Å². The van der Waals surface area contributed by atoms with E-state index in [1.807, 2.05) is 37.3 Å². The van der Waals surface area contributed by atoms with Crippen molar-refractivity contribution >= 4 is 5.91 Å². The first-order valence-corrected chi connectivity index (χ1v) is 5.16. The highest BCUT2D eigenvalue weighted by molar-refractivity contribution is 5.74. The summed E-state index contributed by atoms with van der Waals surface area (Å²) in [5.74, 6) is 0.0632. The number of amides is 1. The normalized spacial score (nSPS) is 25.6. The van der Waals surface area contributed by atoms with Gasteiger partial charge in [-0.1, -0.05) is 30.3 Å². The molecule has 1 aliphatic heterocycles. The first-order chi connectivity index (χ1) is 7.18. The molecule has 15 heavy (non-hydrogen) atoms. The number of hydrogen-bond donors (Lipinski definition) is 0. The Morgan fingerprint density at radius 3 is 2.67 bits per heavy atom. The number of carbonyl (C=O) groups excluding carboxylic acids is 1. The number of carbonyl (C=O) groups is 1. The maximum absolute atomic E-state index is 11.4. The first kappa shape index (κ1) is 10.2. The van der Waals surface area contributed by atoms with E-state index in [-0.39, 0.29) is 18.2 Å². The lowest BCUT2D eigenvalue weighted by Crippen LogP contribution is -2.29. The van der Waals surface area contributed by atoms with E-state index < -0.39 is 0 Å². The second kappa shape index (κ2) is 4.03. The maximum atomic E-state index is 11.4. The molecular formula is C12H15NO2. The van der Waals surface area contributed by atoms with Gasteiger partial charge in [0, 0.05) is 19.0 Å². The fourth-order valence-corrected chi connectivity index (χ4v) is 1.88. The molecule has 0 bridgehead atoms. The van der Waals surface area contributed by atoms with E-state index in [4.69, 9.17) is 4.74 Å². The third kappa shape index (κ3) is 2.02. The van der Waals surface area contributed by atoms with Gasteiger partial charge in [-0.05, 0) is 6.92 Å². The summed E-state index contributed by atoms with van der Waals surface area (Å²) in [6.07, 6.45) is -0.0993.